The van der Waals surface area contributed by atoms with E-state index in [0.29, 0.717) is 36.9 Å². The van der Waals surface area contributed by atoms with Crippen molar-refractivity contribution in [1.82, 2.24) is 19.9 Å². The van der Waals surface area contributed by atoms with E-state index in [1.807, 2.05) is 18.7 Å². The molecule has 1 aliphatic heterocycles. The Balaban J connectivity index is 1.68. The van der Waals surface area contributed by atoms with E-state index in [-0.39, 0.29) is 5.91 Å². The van der Waals surface area contributed by atoms with Crippen LogP contribution in [0.15, 0.2) is 12.5 Å². The molecule has 6 nitrogen and oxygen atoms in total. The van der Waals surface area contributed by atoms with E-state index < -0.39 is 0 Å². The zero-order valence-electron chi connectivity index (χ0n) is 12.4. The number of nitrogens with zero attached hydrogens (tertiary/aromatic N) is 5. The molecule has 0 aromatic carbocycles. The molecule has 0 atom stereocenters. The Morgan fingerprint density at radius 1 is 1.27 bits per heavy atom. The van der Waals surface area contributed by atoms with Gasteiger partial charge in [0.25, 0.3) is 5.91 Å². The number of anilines is 1. The zero-order valence-corrected chi connectivity index (χ0v) is 14.0. The first kappa shape index (κ1) is 15.2. The van der Waals surface area contributed by atoms with Gasteiger partial charge in [-0.1, -0.05) is 11.6 Å². The number of carbonyl (C=O) groups excluding carboxylic acids is 1. The lowest BCUT2D eigenvalue weighted by Crippen LogP contribution is -2.49. The van der Waals surface area contributed by atoms with Crippen molar-refractivity contribution in [1.29, 1.82) is 0 Å². The highest BCUT2D eigenvalue weighted by Crippen LogP contribution is 2.23. The molecule has 2 aromatic heterocycles. The molecule has 0 unspecified atom stereocenters. The van der Waals surface area contributed by atoms with Crippen molar-refractivity contribution in [3.05, 3.63) is 33.1 Å². The highest BCUT2D eigenvalue weighted by atomic mass is 35.5. The van der Waals surface area contributed by atoms with Crippen molar-refractivity contribution in [3.63, 3.8) is 0 Å². The maximum atomic E-state index is 12.5. The Hall–Kier alpha value is -1.73. The molecule has 0 radical (unpaired) electrons. The third-order valence-corrected chi connectivity index (χ3v) is 4.77. The van der Waals surface area contributed by atoms with Crippen molar-refractivity contribution >= 4 is 34.7 Å². The summed E-state index contributed by atoms with van der Waals surface area (Å²) in [6, 6.07) is 0. The van der Waals surface area contributed by atoms with Crippen molar-refractivity contribution in [2.24, 2.45) is 0 Å². The van der Waals surface area contributed by atoms with Crippen molar-refractivity contribution in [3.8, 4) is 0 Å². The predicted octanol–water partition coefficient (Wildman–Crippen LogP) is 2.17. The number of amides is 1. The number of hydrogen-bond donors (Lipinski definition) is 0. The van der Waals surface area contributed by atoms with Crippen molar-refractivity contribution in [2.45, 2.75) is 13.8 Å². The van der Waals surface area contributed by atoms with Gasteiger partial charge in [0.05, 0.1) is 11.2 Å². The van der Waals surface area contributed by atoms with Gasteiger partial charge in [-0.05, 0) is 13.8 Å². The number of aryl methyl sites for hydroxylation is 2. The Bertz CT molecular complexity index is 696. The monoisotopic (exact) mass is 337 g/mol. The topological polar surface area (TPSA) is 62.2 Å². The van der Waals surface area contributed by atoms with Gasteiger partial charge < -0.3 is 9.80 Å². The Morgan fingerprint density at radius 3 is 2.59 bits per heavy atom. The summed E-state index contributed by atoms with van der Waals surface area (Å²) >= 11 is 7.68. The van der Waals surface area contributed by atoms with Crippen LogP contribution in [0.3, 0.4) is 0 Å². The molecule has 2 aromatic rings. The van der Waals surface area contributed by atoms with Crippen LogP contribution in [0.4, 0.5) is 5.82 Å². The quantitative estimate of drug-likeness (QED) is 0.840. The average Bonchev–Trinajstić information content (AvgIpc) is 2.86. The minimum Gasteiger partial charge on any atom is -0.352 e. The molecule has 3 heterocycles. The van der Waals surface area contributed by atoms with Gasteiger partial charge in [0.15, 0.2) is 5.82 Å². The van der Waals surface area contributed by atoms with Crippen LogP contribution in [0, 0.1) is 13.8 Å². The van der Waals surface area contributed by atoms with Crippen LogP contribution in [-0.2, 0) is 0 Å². The van der Waals surface area contributed by atoms with Crippen LogP contribution in [0.5, 0.6) is 0 Å². The SMILES string of the molecule is Cc1nc(C(=O)N2CCN(c3ncncc3Cl)CC2)c(C)s1. The van der Waals surface area contributed by atoms with Crippen LogP contribution < -0.4 is 4.90 Å². The predicted molar refractivity (Wildman–Crippen MR) is 86.7 cm³/mol. The van der Waals surface area contributed by atoms with E-state index in [1.165, 1.54) is 6.33 Å². The van der Waals surface area contributed by atoms with Crippen LogP contribution in [0.25, 0.3) is 0 Å². The Kier molecular flexibility index (Phi) is 4.26. The summed E-state index contributed by atoms with van der Waals surface area (Å²) in [4.78, 5) is 29.9. The minimum absolute atomic E-state index is 0.00952. The number of carbonyl (C=O) groups is 1. The number of halogens is 1. The lowest BCUT2D eigenvalue weighted by molar-refractivity contribution is 0.0740. The van der Waals surface area contributed by atoms with Gasteiger partial charge in [-0.25, -0.2) is 15.0 Å². The number of hydrogen-bond acceptors (Lipinski definition) is 6. The molecule has 0 saturated carbocycles. The highest BCUT2D eigenvalue weighted by molar-refractivity contribution is 7.11. The van der Waals surface area contributed by atoms with E-state index in [4.69, 9.17) is 11.6 Å². The van der Waals surface area contributed by atoms with Gasteiger partial charge in [-0.3, -0.25) is 4.79 Å². The maximum absolute atomic E-state index is 12.5. The third kappa shape index (κ3) is 2.91. The molecule has 1 saturated heterocycles. The average molecular weight is 338 g/mol. The zero-order chi connectivity index (χ0) is 15.7. The van der Waals surface area contributed by atoms with Gasteiger partial charge in [-0.2, -0.15) is 0 Å². The minimum atomic E-state index is 0.00952. The summed E-state index contributed by atoms with van der Waals surface area (Å²) < 4.78 is 0. The summed E-state index contributed by atoms with van der Waals surface area (Å²) in [5.41, 5.74) is 0.580. The molecule has 22 heavy (non-hydrogen) atoms. The second-order valence-electron chi connectivity index (χ2n) is 5.11. The molecule has 0 N–H and O–H groups in total. The normalized spacial score (nSPS) is 15.2. The van der Waals surface area contributed by atoms with E-state index in [2.05, 4.69) is 19.9 Å². The third-order valence-electron chi connectivity index (χ3n) is 3.62. The lowest BCUT2D eigenvalue weighted by Gasteiger charge is -2.35. The summed E-state index contributed by atoms with van der Waals surface area (Å²) in [6.07, 6.45) is 3.07. The molecular formula is C14H16ClN5OS. The molecule has 8 heteroatoms. The van der Waals surface area contributed by atoms with E-state index in [1.54, 1.807) is 17.5 Å². The van der Waals surface area contributed by atoms with Gasteiger partial charge in [0.1, 0.15) is 17.0 Å². The molecule has 3 rings (SSSR count). The highest BCUT2D eigenvalue weighted by Gasteiger charge is 2.26. The summed E-state index contributed by atoms with van der Waals surface area (Å²) in [5.74, 6) is 0.736. The molecular weight excluding hydrogens is 322 g/mol. The van der Waals surface area contributed by atoms with Crippen molar-refractivity contribution < 1.29 is 4.79 Å². The lowest BCUT2D eigenvalue weighted by atomic mass is 10.2. The Morgan fingerprint density at radius 2 is 2.00 bits per heavy atom. The largest absolute Gasteiger partial charge is 0.352 e. The van der Waals surface area contributed by atoms with Gasteiger partial charge in [0.2, 0.25) is 0 Å². The first-order valence-electron chi connectivity index (χ1n) is 7.00. The fourth-order valence-electron chi connectivity index (χ4n) is 2.54. The maximum Gasteiger partial charge on any atom is 0.273 e. The first-order valence-corrected chi connectivity index (χ1v) is 8.19. The summed E-state index contributed by atoms with van der Waals surface area (Å²) in [7, 11) is 0. The van der Waals surface area contributed by atoms with Gasteiger partial charge >= 0.3 is 0 Å². The summed E-state index contributed by atoms with van der Waals surface area (Å²) in [6.45, 7) is 6.53. The van der Waals surface area contributed by atoms with Gasteiger partial charge in [-0.15, -0.1) is 11.3 Å². The molecule has 116 valence electrons. The number of piperazine rings is 1. The van der Waals surface area contributed by atoms with E-state index >= 15 is 0 Å². The van der Waals surface area contributed by atoms with Crippen molar-refractivity contribution in [2.75, 3.05) is 31.1 Å². The molecule has 1 aliphatic rings. The molecule has 0 bridgehead atoms. The molecule has 1 amide bonds. The smallest absolute Gasteiger partial charge is 0.273 e. The second-order valence-corrected chi connectivity index (χ2v) is 6.93. The number of thiazole rings is 1. The summed E-state index contributed by atoms with van der Waals surface area (Å²) in [5, 5.41) is 1.46. The molecule has 0 aliphatic carbocycles. The number of aromatic nitrogens is 3. The first-order chi connectivity index (χ1) is 10.6. The Labute approximate surface area is 137 Å². The van der Waals surface area contributed by atoms with Crippen LogP contribution in [-0.4, -0.2) is 51.9 Å². The second kappa shape index (κ2) is 6.18. The fourth-order valence-corrected chi connectivity index (χ4v) is 3.57. The van der Waals surface area contributed by atoms with Crippen LogP contribution >= 0.6 is 22.9 Å². The molecule has 1 fully saturated rings. The van der Waals surface area contributed by atoms with Crippen LogP contribution in [0.1, 0.15) is 20.4 Å². The van der Waals surface area contributed by atoms with E-state index in [0.717, 1.165) is 15.7 Å². The number of rotatable bonds is 2. The van der Waals surface area contributed by atoms with Gasteiger partial charge in [0, 0.05) is 31.1 Å². The van der Waals surface area contributed by atoms with E-state index in [9.17, 15) is 4.79 Å². The fraction of sp³-hybridized carbons (Fsp3) is 0.429. The molecule has 0 spiro atoms. The van der Waals surface area contributed by atoms with Crippen LogP contribution in [0.2, 0.25) is 5.02 Å². The standard InChI is InChI=1S/C14H16ClN5OS/c1-9-12(18-10(2)22-9)14(21)20-5-3-19(4-6-20)13-11(15)7-16-8-17-13/h7-8H,3-6H2,1-2H3.